The lowest BCUT2D eigenvalue weighted by molar-refractivity contribution is -0.0615. The summed E-state index contributed by atoms with van der Waals surface area (Å²) in [5, 5.41) is 5.68. The van der Waals surface area contributed by atoms with Crippen molar-refractivity contribution in [2.24, 2.45) is 16.9 Å². The van der Waals surface area contributed by atoms with Crippen LogP contribution in [-0.2, 0) is 0 Å². The molecule has 0 radical (unpaired) electrons. The van der Waals surface area contributed by atoms with Crippen molar-refractivity contribution in [3.8, 4) is 5.75 Å². The maximum absolute atomic E-state index is 13.7. The Balaban J connectivity index is 1.84. The number of hydrogen-bond donors (Lipinski definition) is 0. The molecular weight excluding hydrogens is 353 g/mol. The van der Waals surface area contributed by atoms with Crippen LogP contribution in [0.15, 0.2) is 52.8 Å². The van der Waals surface area contributed by atoms with Crippen molar-refractivity contribution in [2.45, 2.75) is 32.5 Å². The van der Waals surface area contributed by atoms with Gasteiger partial charge in [0, 0.05) is 11.6 Å². The van der Waals surface area contributed by atoms with Gasteiger partial charge in [0.25, 0.3) is 0 Å². The molecule has 1 aromatic carbocycles. The van der Waals surface area contributed by atoms with Crippen LogP contribution in [0.25, 0.3) is 6.08 Å². The minimum Gasteiger partial charge on any atom is -0.497 e. The summed E-state index contributed by atoms with van der Waals surface area (Å²) in [6.45, 7) is 4.07. The summed E-state index contributed by atoms with van der Waals surface area (Å²) >= 11 is 0. The van der Waals surface area contributed by atoms with Crippen molar-refractivity contribution in [2.75, 3.05) is 7.11 Å². The number of fused-ring (bicyclic) bond motifs is 3. The zero-order valence-electron chi connectivity index (χ0n) is 15.4. The van der Waals surface area contributed by atoms with Gasteiger partial charge in [-0.1, -0.05) is 36.8 Å². The molecule has 0 bridgehead atoms. The van der Waals surface area contributed by atoms with Crippen molar-refractivity contribution < 1.29 is 17.9 Å². The molecule has 0 N–H and O–H groups in total. The molecule has 3 unspecified atom stereocenters. The third-order valence-electron chi connectivity index (χ3n) is 5.46. The topological polar surface area (TPSA) is 24.8 Å². The predicted molar refractivity (Wildman–Crippen MR) is 99.2 cm³/mol. The smallest absolute Gasteiger partial charge is 0.431 e. The molecule has 3 nitrogen and oxygen atoms in total. The van der Waals surface area contributed by atoms with E-state index >= 15 is 0 Å². The maximum Gasteiger partial charge on any atom is 0.431 e. The minimum absolute atomic E-state index is 0.111. The number of hydrogen-bond acceptors (Lipinski definition) is 3. The van der Waals surface area contributed by atoms with Crippen molar-refractivity contribution in [1.82, 2.24) is 5.01 Å². The normalized spacial score (nSPS) is 26.8. The van der Waals surface area contributed by atoms with Crippen LogP contribution in [0.4, 0.5) is 13.2 Å². The first-order chi connectivity index (χ1) is 12.8. The van der Waals surface area contributed by atoms with Gasteiger partial charge in [0.2, 0.25) is 0 Å². The van der Waals surface area contributed by atoms with Gasteiger partial charge >= 0.3 is 6.18 Å². The average molecular weight is 374 g/mol. The van der Waals surface area contributed by atoms with Gasteiger partial charge in [-0.25, -0.2) is 0 Å². The Kier molecular flexibility index (Phi) is 4.17. The largest absolute Gasteiger partial charge is 0.497 e. The van der Waals surface area contributed by atoms with Gasteiger partial charge in [-0.05, 0) is 42.7 Å². The lowest BCUT2D eigenvalue weighted by Gasteiger charge is -2.35. The minimum atomic E-state index is -4.46. The van der Waals surface area contributed by atoms with E-state index in [1.54, 1.807) is 30.3 Å². The van der Waals surface area contributed by atoms with E-state index in [2.05, 4.69) is 5.10 Å². The summed E-state index contributed by atoms with van der Waals surface area (Å²) in [6.07, 6.45) is 3.60. The van der Waals surface area contributed by atoms with E-state index in [0.717, 1.165) is 23.2 Å². The van der Waals surface area contributed by atoms with Crippen LogP contribution in [0.3, 0.4) is 0 Å². The standard InChI is InChI=1S/C21H21F3N2O/c1-12-4-9-18(13(2)10-12)26-19-16-8-6-15(27-3)11-14(16)5-7-17(19)20(25-26)21(22,23)24/h4-9,11,13,17,19H,10H2,1-3H3. The molecule has 1 aromatic rings. The number of halogens is 3. The van der Waals surface area contributed by atoms with Crippen molar-refractivity contribution in [3.63, 3.8) is 0 Å². The number of allylic oxidation sites excluding steroid dienone is 4. The molecule has 27 heavy (non-hydrogen) atoms. The fourth-order valence-corrected chi connectivity index (χ4v) is 4.18. The van der Waals surface area contributed by atoms with E-state index in [-0.39, 0.29) is 5.92 Å². The van der Waals surface area contributed by atoms with Gasteiger partial charge in [0.1, 0.15) is 5.75 Å². The molecule has 1 heterocycles. The fourth-order valence-electron chi connectivity index (χ4n) is 4.18. The number of methoxy groups -OCH3 is 1. The zero-order chi connectivity index (χ0) is 19.3. The number of ether oxygens (including phenoxy) is 1. The molecule has 3 aliphatic rings. The summed E-state index contributed by atoms with van der Waals surface area (Å²) in [5.41, 5.74) is 3.02. The van der Waals surface area contributed by atoms with E-state index < -0.39 is 23.8 Å². The maximum atomic E-state index is 13.7. The molecule has 3 atom stereocenters. The molecule has 4 rings (SSSR count). The van der Waals surface area contributed by atoms with Gasteiger partial charge in [0.05, 0.1) is 19.1 Å². The van der Waals surface area contributed by atoms with Gasteiger partial charge in [-0.2, -0.15) is 18.3 Å². The molecule has 0 amide bonds. The highest BCUT2D eigenvalue weighted by molar-refractivity contribution is 5.96. The molecule has 6 heteroatoms. The van der Waals surface area contributed by atoms with E-state index in [0.29, 0.717) is 5.75 Å². The summed E-state index contributed by atoms with van der Waals surface area (Å²) in [4.78, 5) is 0. The van der Waals surface area contributed by atoms with Crippen LogP contribution in [0.2, 0.25) is 0 Å². The molecule has 0 spiro atoms. The molecule has 1 aliphatic heterocycles. The highest BCUT2D eigenvalue weighted by Gasteiger charge is 2.51. The zero-order valence-corrected chi connectivity index (χ0v) is 15.4. The highest BCUT2D eigenvalue weighted by atomic mass is 19.4. The lowest BCUT2D eigenvalue weighted by atomic mass is 9.81. The lowest BCUT2D eigenvalue weighted by Crippen LogP contribution is -2.32. The van der Waals surface area contributed by atoms with Crippen LogP contribution in [0, 0.1) is 11.8 Å². The summed E-state index contributed by atoms with van der Waals surface area (Å²) in [6, 6.07) is 5.01. The van der Waals surface area contributed by atoms with Gasteiger partial charge < -0.3 is 4.74 Å². The number of alkyl halides is 3. The van der Waals surface area contributed by atoms with Gasteiger partial charge in [-0.3, -0.25) is 5.01 Å². The predicted octanol–water partition coefficient (Wildman–Crippen LogP) is 5.48. The Labute approximate surface area is 156 Å². The van der Waals surface area contributed by atoms with E-state index in [1.165, 1.54) is 5.57 Å². The first-order valence-corrected chi connectivity index (χ1v) is 8.98. The van der Waals surface area contributed by atoms with Crippen LogP contribution >= 0.6 is 0 Å². The van der Waals surface area contributed by atoms with Crippen molar-refractivity contribution in [1.29, 1.82) is 0 Å². The Morgan fingerprint density at radius 2 is 2.00 bits per heavy atom. The van der Waals surface area contributed by atoms with Gasteiger partial charge in [-0.15, -0.1) is 0 Å². The van der Waals surface area contributed by atoms with Crippen LogP contribution < -0.4 is 4.74 Å². The Hall–Kier alpha value is -2.50. The van der Waals surface area contributed by atoms with Gasteiger partial charge in [0.15, 0.2) is 5.71 Å². The Morgan fingerprint density at radius 1 is 1.22 bits per heavy atom. The monoisotopic (exact) mass is 374 g/mol. The molecule has 0 fully saturated rings. The number of benzene rings is 1. The van der Waals surface area contributed by atoms with Crippen LogP contribution in [0.5, 0.6) is 5.75 Å². The second-order valence-electron chi connectivity index (χ2n) is 7.36. The Morgan fingerprint density at radius 3 is 2.67 bits per heavy atom. The molecule has 142 valence electrons. The summed E-state index contributed by atoms with van der Waals surface area (Å²) < 4.78 is 46.3. The molecule has 0 aromatic heterocycles. The van der Waals surface area contributed by atoms with E-state index in [4.69, 9.17) is 4.74 Å². The quantitative estimate of drug-likeness (QED) is 0.684. The van der Waals surface area contributed by atoms with Crippen LogP contribution in [0.1, 0.15) is 37.4 Å². The summed E-state index contributed by atoms with van der Waals surface area (Å²) in [7, 11) is 1.58. The van der Waals surface area contributed by atoms with Crippen molar-refractivity contribution in [3.05, 3.63) is 58.8 Å². The van der Waals surface area contributed by atoms with E-state index in [1.807, 2.05) is 38.1 Å². The molecule has 0 saturated carbocycles. The first kappa shape index (κ1) is 17.9. The van der Waals surface area contributed by atoms with E-state index in [9.17, 15) is 13.2 Å². The molecular formula is C21H21F3N2O. The Bertz CT molecular complexity index is 895. The fraction of sp³-hybridized carbons (Fsp3) is 0.381. The number of nitrogens with zero attached hydrogens (tertiary/aromatic N) is 2. The molecule has 0 saturated heterocycles. The summed E-state index contributed by atoms with van der Waals surface area (Å²) in [5.74, 6) is -0.0206. The third-order valence-corrected chi connectivity index (χ3v) is 5.46. The second kappa shape index (κ2) is 6.29. The van der Waals surface area contributed by atoms with Crippen LogP contribution in [-0.4, -0.2) is 24.0 Å². The number of hydrazone groups is 1. The molecule has 2 aliphatic carbocycles. The average Bonchev–Trinajstić information content (AvgIpc) is 3.01. The first-order valence-electron chi connectivity index (χ1n) is 8.98. The highest BCUT2D eigenvalue weighted by Crippen LogP contribution is 2.49. The third kappa shape index (κ3) is 2.97. The van der Waals surface area contributed by atoms with Crippen molar-refractivity contribution >= 4 is 11.8 Å². The SMILES string of the molecule is COc1ccc2c(c1)C=CC1C(C(F)(F)F)=NN(C3=CC=C(C)CC3C)C21. The second-order valence-corrected chi connectivity index (χ2v) is 7.36. The number of rotatable bonds is 2.